The first-order valence-corrected chi connectivity index (χ1v) is 10.9. The van der Waals surface area contributed by atoms with Crippen molar-refractivity contribution in [2.45, 2.75) is 58.5 Å². The molecule has 7 nitrogen and oxygen atoms in total. The van der Waals surface area contributed by atoms with Gasteiger partial charge in [0.05, 0.1) is 6.61 Å². The number of benzene rings is 1. The van der Waals surface area contributed by atoms with E-state index in [1.165, 1.54) is 0 Å². The van der Waals surface area contributed by atoms with Crippen molar-refractivity contribution in [2.24, 2.45) is 11.8 Å². The summed E-state index contributed by atoms with van der Waals surface area (Å²) in [6.07, 6.45) is 5.63. The molecule has 1 aliphatic heterocycles. The standard InChI is InChI=1S/C23H33NO6/c1-2-29-22(27)20(21(25)26)12-8-4-5-9-18-13-15-24(16-14-18)23(28)30-17-19-10-6-3-7-11-19/h3,6-7,10-11,18,20H,2,4-5,8-9,12-17H2,1H3,(H,25,26). The predicted octanol–water partition coefficient (Wildman–Crippen LogP) is 4.25. The molecule has 1 aromatic rings. The number of carbonyl (C=O) groups is 3. The number of unbranched alkanes of at least 4 members (excludes halogenated alkanes) is 2. The Labute approximate surface area is 178 Å². The third-order valence-electron chi connectivity index (χ3n) is 5.55. The lowest BCUT2D eigenvalue weighted by Gasteiger charge is -2.31. The molecule has 7 heteroatoms. The molecule has 0 bridgehead atoms. The summed E-state index contributed by atoms with van der Waals surface area (Å²) in [4.78, 5) is 36.8. The summed E-state index contributed by atoms with van der Waals surface area (Å²) in [6.45, 7) is 3.58. The Balaban J connectivity index is 1.58. The third-order valence-corrected chi connectivity index (χ3v) is 5.55. The fraction of sp³-hybridized carbons (Fsp3) is 0.609. The van der Waals surface area contributed by atoms with Crippen LogP contribution in [0.15, 0.2) is 30.3 Å². The maximum atomic E-state index is 12.2. The Kier molecular flexibility index (Phi) is 10.2. The number of hydrogen-bond donors (Lipinski definition) is 1. The number of rotatable bonds is 11. The second-order valence-electron chi connectivity index (χ2n) is 7.75. The summed E-state index contributed by atoms with van der Waals surface area (Å²) < 4.78 is 10.2. The van der Waals surface area contributed by atoms with Crippen LogP contribution in [-0.2, 0) is 25.7 Å². The van der Waals surface area contributed by atoms with E-state index in [0.29, 0.717) is 38.5 Å². The highest BCUT2D eigenvalue weighted by atomic mass is 16.6. The zero-order chi connectivity index (χ0) is 21.8. The van der Waals surface area contributed by atoms with E-state index in [9.17, 15) is 14.4 Å². The number of carbonyl (C=O) groups excluding carboxylic acids is 2. The van der Waals surface area contributed by atoms with Crippen LogP contribution >= 0.6 is 0 Å². The lowest BCUT2D eigenvalue weighted by Crippen LogP contribution is -2.38. The molecule has 1 N–H and O–H groups in total. The van der Waals surface area contributed by atoms with E-state index < -0.39 is 17.9 Å². The van der Waals surface area contributed by atoms with E-state index in [0.717, 1.165) is 37.7 Å². The number of piperidine rings is 1. The summed E-state index contributed by atoms with van der Waals surface area (Å²) in [7, 11) is 0. The number of hydrogen-bond acceptors (Lipinski definition) is 5. The first kappa shape index (κ1) is 23.7. The van der Waals surface area contributed by atoms with E-state index in [1.807, 2.05) is 30.3 Å². The maximum absolute atomic E-state index is 12.2. The smallest absolute Gasteiger partial charge is 0.410 e. The SMILES string of the molecule is CCOC(=O)C(CCCCCC1CCN(C(=O)OCc2ccccc2)CC1)C(=O)O. The number of carboxylic acids is 1. The van der Waals surface area contributed by atoms with Crippen molar-refractivity contribution in [3.05, 3.63) is 35.9 Å². The number of amides is 1. The van der Waals surface area contributed by atoms with Gasteiger partial charge in [0.1, 0.15) is 6.61 Å². The number of nitrogens with zero attached hydrogens (tertiary/aromatic N) is 1. The Morgan fingerprint density at radius 1 is 1.07 bits per heavy atom. The Morgan fingerprint density at radius 2 is 1.77 bits per heavy atom. The van der Waals surface area contributed by atoms with Crippen molar-refractivity contribution in [3.63, 3.8) is 0 Å². The summed E-state index contributed by atoms with van der Waals surface area (Å²) in [5.74, 6) is -2.24. The first-order valence-electron chi connectivity index (χ1n) is 10.9. The summed E-state index contributed by atoms with van der Waals surface area (Å²) in [5, 5.41) is 9.16. The number of aliphatic carboxylic acids is 1. The molecule has 0 aliphatic carbocycles. The van der Waals surface area contributed by atoms with E-state index in [1.54, 1.807) is 11.8 Å². The minimum absolute atomic E-state index is 0.196. The van der Waals surface area contributed by atoms with Gasteiger partial charge in [0.2, 0.25) is 0 Å². The van der Waals surface area contributed by atoms with Crippen LogP contribution in [0.5, 0.6) is 0 Å². The van der Waals surface area contributed by atoms with Gasteiger partial charge in [0.25, 0.3) is 0 Å². The summed E-state index contributed by atoms with van der Waals surface area (Å²) in [6, 6.07) is 9.65. The maximum Gasteiger partial charge on any atom is 0.410 e. The topological polar surface area (TPSA) is 93.1 Å². The van der Waals surface area contributed by atoms with Crippen molar-refractivity contribution in [1.29, 1.82) is 0 Å². The van der Waals surface area contributed by atoms with Gasteiger partial charge in [-0.25, -0.2) is 4.79 Å². The number of likely N-dealkylation sites (tertiary alicyclic amines) is 1. The lowest BCUT2D eigenvalue weighted by atomic mass is 9.91. The number of ether oxygens (including phenoxy) is 2. The molecule has 1 saturated heterocycles. The molecule has 0 spiro atoms. The van der Waals surface area contributed by atoms with Crippen LogP contribution in [0.25, 0.3) is 0 Å². The van der Waals surface area contributed by atoms with Gasteiger partial charge in [0.15, 0.2) is 5.92 Å². The van der Waals surface area contributed by atoms with Crippen molar-refractivity contribution < 1.29 is 29.0 Å². The van der Waals surface area contributed by atoms with Crippen LogP contribution in [-0.4, -0.2) is 47.7 Å². The van der Waals surface area contributed by atoms with E-state index in [4.69, 9.17) is 14.6 Å². The predicted molar refractivity (Wildman–Crippen MR) is 112 cm³/mol. The van der Waals surface area contributed by atoms with E-state index >= 15 is 0 Å². The second-order valence-corrected chi connectivity index (χ2v) is 7.75. The molecule has 0 aromatic heterocycles. The van der Waals surface area contributed by atoms with Gasteiger partial charge >= 0.3 is 18.0 Å². The van der Waals surface area contributed by atoms with Crippen molar-refractivity contribution >= 4 is 18.0 Å². The average molecular weight is 420 g/mol. The van der Waals surface area contributed by atoms with Crippen LogP contribution in [0.3, 0.4) is 0 Å². The molecule has 166 valence electrons. The molecule has 1 fully saturated rings. The van der Waals surface area contributed by atoms with Crippen LogP contribution in [0.2, 0.25) is 0 Å². The molecular weight excluding hydrogens is 386 g/mol. The molecular formula is C23H33NO6. The van der Waals surface area contributed by atoms with Crippen molar-refractivity contribution in [3.8, 4) is 0 Å². The minimum atomic E-state index is -1.11. The van der Waals surface area contributed by atoms with Gasteiger partial charge in [-0.1, -0.05) is 56.0 Å². The molecule has 1 amide bonds. The molecule has 1 aliphatic rings. The highest BCUT2D eigenvalue weighted by Gasteiger charge is 2.27. The third kappa shape index (κ3) is 8.05. The van der Waals surface area contributed by atoms with Gasteiger partial charge in [-0.3, -0.25) is 9.59 Å². The Bertz CT molecular complexity index is 670. The zero-order valence-electron chi connectivity index (χ0n) is 17.8. The summed E-state index contributed by atoms with van der Waals surface area (Å²) in [5.41, 5.74) is 0.980. The number of carboxylic acid groups (broad SMARTS) is 1. The van der Waals surface area contributed by atoms with Crippen molar-refractivity contribution in [2.75, 3.05) is 19.7 Å². The molecule has 1 atom stereocenters. The van der Waals surface area contributed by atoms with Crippen LogP contribution < -0.4 is 0 Å². The summed E-state index contributed by atoms with van der Waals surface area (Å²) >= 11 is 0. The van der Waals surface area contributed by atoms with Gasteiger partial charge < -0.3 is 19.5 Å². The van der Waals surface area contributed by atoms with Crippen LogP contribution in [0.1, 0.15) is 57.4 Å². The normalized spacial score (nSPS) is 15.4. The quantitative estimate of drug-likeness (QED) is 0.327. The van der Waals surface area contributed by atoms with E-state index in [-0.39, 0.29) is 12.7 Å². The monoisotopic (exact) mass is 419 g/mol. The lowest BCUT2D eigenvalue weighted by molar-refractivity contribution is -0.158. The first-order chi connectivity index (χ1) is 14.5. The largest absolute Gasteiger partial charge is 0.481 e. The Hall–Kier alpha value is -2.57. The van der Waals surface area contributed by atoms with Gasteiger partial charge in [0, 0.05) is 13.1 Å². The molecule has 1 unspecified atom stereocenters. The van der Waals surface area contributed by atoms with Crippen molar-refractivity contribution in [1.82, 2.24) is 4.90 Å². The zero-order valence-corrected chi connectivity index (χ0v) is 17.8. The average Bonchev–Trinajstić information content (AvgIpc) is 2.75. The second kappa shape index (κ2) is 12.9. The van der Waals surface area contributed by atoms with Gasteiger partial charge in [-0.15, -0.1) is 0 Å². The number of esters is 1. The fourth-order valence-electron chi connectivity index (χ4n) is 3.76. The Morgan fingerprint density at radius 3 is 2.40 bits per heavy atom. The highest BCUT2D eigenvalue weighted by molar-refractivity contribution is 5.93. The van der Waals surface area contributed by atoms with E-state index in [2.05, 4.69) is 0 Å². The van der Waals surface area contributed by atoms with Crippen LogP contribution in [0, 0.1) is 11.8 Å². The molecule has 2 rings (SSSR count). The minimum Gasteiger partial charge on any atom is -0.481 e. The highest BCUT2D eigenvalue weighted by Crippen LogP contribution is 2.24. The molecule has 0 saturated carbocycles. The van der Waals surface area contributed by atoms with Gasteiger partial charge in [-0.05, 0) is 37.7 Å². The molecule has 1 aromatic carbocycles. The van der Waals surface area contributed by atoms with Crippen LogP contribution in [0.4, 0.5) is 4.79 Å². The molecule has 30 heavy (non-hydrogen) atoms. The molecule has 1 heterocycles. The van der Waals surface area contributed by atoms with Gasteiger partial charge in [-0.2, -0.15) is 0 Å². The fourth-order valence-corrected chi connectivity index (χ4v) is 3.76. The molecule has 0 radical (unpaired) electrons.